The van der Waals surface area contributed by atoms with Crippen molar-refractivity contribution >= 4 is 29.5 Å². The number of hydrogen-bond acceptors (Lipinski definition) is 6. The lowest BCUT2D eigenvalue weighted by Crippen LogP contribution is -2.22. The van der Waals surface area contributed by atoms with E-state index in [4.69, 9.17) is 0 Å². The maximum absolute atomic E-state index is 14.6. The van der Waals surface area contributed by atoms with Crippen LogP contribution in [0.2, 0.25) is 0 Å². The monoisotopic (exact) mass is 423 g/mol. The average molecular weight is 424 g/mol. The number of benzene rings is 1. The molecule has 0 saturated heterocycles. The second-order valence-corrected chi connectivity index (χ2v) is 8.22. The minimum atomic E-state index is -0.503. The Labute approximate surface area is 178 Å². The first-order valence-electron chi connectivity index (χ1n) is 9.89. The van der Waals surface area contributed by atoms with E-state index in [1.165, 1.54) is 18.9 Å². The minimum absolute atomic E-state index is 0.141. The van der Waals surface area contributed by atoms with E-state index < -0.39 is 11.7 Å². The number of nitrogens with zero attached hydrogens (tertiary/aromatic N) is 3. The Morgan fingerprint density at radius 1 is 1.23 bits per heavy atom. The standard InChI is InChI=1S/C22H22FN5OS/c1-2-17(19-9-11-25-22(27-19)28-30-16-6-7-16)21(29)26-20-8-5-14(12-18(20)23)15-4-3-10-24-13-15/h3-5,8-13,16-17H,2,6-7H2,1H3,(H,26,29)(H,25,27,28). The first kappa shape index (κ1) is 20.3. The lowest BCUT2D eigenvalue weighted by atomic mass is 10.0. The quantitative estimate of drug-likeness (QED) is 0.495. The van der Waals surface area contributed by atoms with Crippen molar-refractivity contribution < 1.29 is 9.18 Å². The van der Waals surface area contributed by atoms with E-state index in [0.29, 0.717) is 28.9 Å². The number of pyridine rings is 1. The number of amides is 1. The van der Waals surface area contributed by atoms with Crippen LogP contribution in [-0.4, -0.2) is 26.1 Å². The van der Waals surface area contributed by atoms with E-state index in [1.807, 2.05) is 13.0 Å². The predicted octanol–water partition coefficient (Wildman–Crippen LogP) is 5.03. The molecule has 1 aliphatic rings. The van der Waals surface area contributed by atoms with Crippen molar-refractivity contribution in [3.8, 4) is 11.1 Å². The van der Waals surface area contributed by atoms with Crippen LogP contribution in [0.5, 0.6) is 0 Å². The van der Waals surface area contributed by atoms with Crippen molar-refractivity contribution in [2.45, 2.75) is 37.4 Å². The molecule has 4 rings (SSSR count). The van der Waals surface area contributed by atoms with Crippen LogP contribution in [0, 0.1) is 5.82 Å². The third-order valence-electron chi connectivity index (χ3n) is 4.82. The van der Waals surface area contributed by atoms with Gasteiger partial charge in [-0.05, 0) is 61.0 Å². The average Bonchev–Trinajstić information content (AvgIpc) is 3.60. The Bertz CT molecular complexity index is 1030. The van der Waals surface area contributed by atoms with Crippen LogP contribution in [0.1, 0.15) is 37.8 Å². The fourth-order valence-electron chi connectivity index (χ4n) is 3.02. The summed E-state index contributed by atoms with van der Waals surface area (Å²) in [6.07, 6.45) is 7.90. The molecule has 1 amide bonds. The normalized spacial score (nSPS) is 14.2. The number of hydrogen-bond donors (Lipinski definition) is 2. The Hall–Kier alpha value is -3.00. The number of nitrogens with one attached hydrogen (secondary N) is 2. The molecule has 154 valence electrons. The third-order valence-corrected chi connectivity index (χ3v) is 5.93. The number of aromatic nitrogens is 3. The van der Waals surface area contributed by atoms with Crippen LogP contribution in [0.3, 0.4) is 0 Å². The summed E-state index contributed by atoms with van der Waals surface area (Å²) >= 11 is 1.61. The van der Waals surface area contributed by atoms with Crippen LogP contribution < -0.4 is 10.0 Å². The van der Waals surface area contributed by atoms with E-state index in [0.717, 1.165) is 5.56 Å². The van der Waals surface area contributed by atoms with Gasteiger partial charge in [0, 0.05) is 29.4 Å². The maximum atomic E-state index is 14.6. The van der Waals surface area contributed by atoms with Crippen LogP contribution in [0.25, 0.3) is 11.1 Å². The van der Waals surface area contributed by atoms with E-state index in [1.54, 1.807) is 54.8 Å². The van der Waals surface area contributed by atoms with Gasteiger partial charge in [-0.2, -0.15) is 0 Å². The Morgan fingerprint density at radius 3 is 2.80 bits per heavy atom. The Morgan fingerprint density at radius 2 is 2.10 bits per heavy atom. The molecule has 0 aliphatic heterocycles. The van der Waals surface area contributed by atoms with E-state index in [2.05, 4.69) is 25.0 Å². The molecule has 3 aromatic rings. The number of anilines is 2. The Balaban J connectivity index is 1.47. The summed E-state index contributed by atoms with van der Waals surface area (Å²) in [5.74, 6) is -0.810. The fourth-order valence-corrected chi connectivity index (χ4v) is 3.76. The van der Waals surface area contributed by atoms with Crippen molar-refractivity contribution in [2.75, 3.05) is 10.0 Å². The van der Waals surface area contributed by atoms with Crippen molar-refractivity contribution in [3.05, 3.63) is 66.5 Å². The highest BCUT2D eigenvalue weighted by molar-refractivity contribution is 8.01. The highest BCUT2D eigenvalue weighted by atomic mass is 32.2. The summed E-state index contributed by atoms with van der Waals surface area (Å²) in [6, 6.07) is 10.1. The zero-order chi connectivity index (χ0) is 20.9. The molecular weight excluding hydrogens is 401 g/mol. The molecule has 30 heavy (non-hydrogen) atoms. The van der Waals surface area contributed by atoms with Crippen molar-refractivity contribution in [2.24, 2.45) is 0 Å². The van der Waals surface area contributed by atoms with Crippen LogP contribution in [-0.2, 0) is 4.79 Å². The smallest absolute Gasteiger partial charge is 0.233 e. The van der Waals surface area contributed by atoms with Gasteiger partial charge < -0.3 is 5.32 Å². The number of carbonyl (C=O) groups excluding carboxylic acids is 1. The molecule has 8 heteroatoms. The molecule has 2 heterocycles. The molecule has 0 bridgehead atoms. The first-order valence-corrected chi connectivity index (χ1v) is 10.8. The fraction of sp³-hybridized carbons (Fsp3) is 0.273. The van der Waals surface area contributed by atoms with Gasteiger partial charge in [0.05, 0.1) is 17.3 Å². The zero-order valence-electron chi connectivity index (χ0n) is 16.5. The molecule has 1 aromatic carbocycles. The first-order chi connectivity index (χ1) is 14.6. The molecule has 2 aromatic heterocycles. The van der Waals surface area contributed by atoms with Gasteiger partial charge in [-0.1, -0.05) is 19.1 Å². The molecular formula is C22H22FN5OS. The summed E-state index contributed by atoms with van der Waals surface area (Å²) in [6.45, 7) is 1.90. The summed E-state index contributed by atoms with van der Waals surface area (Å²) in [5, 5.41) is 3.31. The molecule has 0 radical (unpaired) electrons. The van der Waals surface area contributed by atoms with Gasteiger partial charge in [0.25, 0.3) is 0 Å². The molecule has 1 unspecified atom stereocenters. The molecule has 1 atom stereocenters. The van der Waals surface area contributed by atoms with Gasteiger partial charge in [-0.3, -0.25) is 14.5 Å². The number of halogens is 1. The zero-order valence-corrected chi connectivity index (χ0v) is 17.3. The van der Waals surface area contributed by atoms with Gasteiger partial charge in [0.15, 0.2) is 0 Å². The van der Waals surface area contributed by atoms with E-state index in [-0.39, 0.29) is 11.6 Å². The highest BCUT2D eigenvalue weighted by Gasteiger charge is 2.24. The summed E-state index contributed by atoms with van der Waals surface area (Å²) in [4.78, 5) is 25.6. The topological polar surface area (TPSA) is 79.8 Å². The third kappa shape index (κ3) is 4.94. The molecule has 1 fully saturated rings. The molecule has 1 saturated carbocycles. The van der Waals surface area contributed by atoms with Gasteiger partial charge in [0.1, 0.15) is 5.82 Å². The lowest BCUT2D eigenvalue weighted by Gasteiger charge is -2.16. The molecule has 1 aliphatic carbocycles. The highest BCUT2D eigenvalue weighted by Crippen LogP contribution is 2.34. The van der Waals surface area contributed by atoms with Gasteiger partial charge in [-0.25, -0.2) is 14.4 Å². The number of rotatable bonds is 8. The summed E-state index contributed by atoms with van der Waals surface area (Å²) in [5.41, 5.74) is 2.26. The predicted molar refractivity (Wildman–Crippen MR) is 118 cm³/mol. The van der Waals surface area contributed by atoms with Crippen LogP contribution in [0.15, 0.2) is 55.0 Å². The largest absolute Gasteiger partial charge is 0.323 e. The van der Waals surface area contributed by atoms with E-state index >= 15 is 0 Å². The van der Waals surface area contributed by atoms with Gasteiger partial charge >= 0.3 is 0 Å². The SMILES string of the molecule is CCC(C(=O)Nc1ccc(-c2cccnc2)cc1F)c1ccnc(NSC2CC2)n1. The van der Waals surface area contributed by atoms with Crippen LogP contribution >= 0.6 is 11.9 Å². The van der Waals surface area contributed by atoms with Crippen LogP contribution in [0.4, 0.5) is 16.0 Å². The minimum Gasteiger partial charge on any atom is -0.323 e. The van der Waals surface area contributed by atoms with Crippen molar-refractivity contribution in [1.82, 2.24) is 15.0 Å². The second kappa shape index (κ2) is 9.21. The van der Waals surface area contributed by atoms with Crippen molar-refractivity contribution in [3.63, 3.8) is 0 Å². The summed E-state index contributed by atoms with van der Waals surface area (Å²) < 4.78 is 17.8. The van der Waals surface area contributed by atoms with Crippen molar-refractivity contribution in [1.29, 1.82) is 0 Å². The van der Waals surface area contributed by atoms with Gasteiger partial charge in [0.2, 0.25) is 11.9 Å². The molecule has 0 spiro atoms. The molecule has 6 nitrogen and oxygen atoms in total. The molecule has 2 N–H and O–H groups in total. The van der Waals surface area contributed by atoms with Gasteiger partial charge in [-0.15, -0.1) is 0 Å². The second-order valence-electron chi connectivity index (χ2n) is 7.11. The summed E-state index contributed by atoms with van der Waals surface area (Å²) in [7, 11) is 0. The maximum Gasteiger partial charge on any atom is 0.233 e. The lowest BCUT2D eigenvalue weighted by molar-refractivity contribution is -0.117. The Kier molecular flexibility index (Phi) is 6.23. The number of carbonyl (C=O) groups is 1. The van der Waals surface area contributed by atoms with E-state index in [9.17, 15) is 9.18 Å².